The molecule has 0 bridgehead atoms. The van der Waals surface area contributed by atoms with E-state index in [1.54, 1.807) is 17.2 Å². The Hall–Kier alpha value is -3.44. The van der Waals surface area contributed by atoms with Crippen LogP contribution in [0.5, 0.6) is 0 Å². The first-order valence-corrected chi connectivity index (χ1v) is 12.1. The molecule has 2 aliphatic rings. The van der Waals surface area contributed by atoms with Gasteiger partial charge in [0.25, 0.3) is 0 Å². The van der Waals surface area contributed by atoms with Gasteiger partial charge in [-0.2, -0.15) is 4.98 Å². The van der Waals surface area contributed by atoms with Gasteiger partial charge in [-0.3, -0.25) is 14.8 Å². The van der Waals surface area contributed by atoms with Crippen LogP contribution in [-0.4, -0.2) is 81.4 Å². The zero-order chi connectivity index (χ0) is 24.8. The van der Waals surface area contributed by atoms with E-state index in [1.165, 1.54) is 4.57 Å². The number of amides is 3. The third-order valence-electron chi connectivity index (χ3n) is 6.61. The van der Waals surface area contributed by atoms with E-state index in [0.29, 0.717) is 18.8 Å². The normalized spacial score (nSPS) is 19.3. The summed E-state index contributed by atoms with van der Waals surface area (Å²) in [6, 6.07) is 9.38. The Morgan fingerprint density at radius 1 is 1.14 bits per heavy atom. The topological polar surface area (TPSA) is 132 Å². The van der Waals surface area contributed by atoms with Crippen LogP contribution in [0.4, 0.5) is 15.4 Å². The summed E-state index contributed by atoms with van der Waals surface area (Å²) in [6.45, 7) is 6.50. The molecule has 35 heavy (non-hydrogen) atoms. The van der Waals surface area contributed by atoms with Crippen molar-refractivity contribution in [1.29, 1.82) is 0 Å². The van der Waals surface area contributed by atoms with E-state index in [2.05, 4.69) is 32.8 Å². The minimum absolute atomic E-state index is 0.0170. The average molecular weight is 484 g/mol. The predicted octanol–water partition coefficient (Wildman–Crippen LogP) is 1.68. The first-order chi connectivity index (χ1) is 16.9. The van der Waals surface area contributed by atoms with Crippen LogP contribution in [-0.2, 0) is 6.54 Å². The highest BCUT2D eigenvalue weighted by Gasteiger charge is 2.23. The molecule has 0 saturated carbocycles. The van der Waals surface area contributed by atoms with Crippen LogP contribution in [0.3, 0.4) is 0 Å². The number of likely N-dealkylation sites (tertiary alicyclic amines) is 1. The monoisotopic (exact) mass is 483 g/mol. The van der Waals surface area contributed by atoms with Gasteiger partial charge in [-0.25, -0.2) is 14.4 Å². The van der Waals surface area contributed by atoms with E-state index in [-0.39, 0.29) is 23.9 Å². The molecule has 1 unspecified atom stereocenters. The van der Waals surface area contributed by atoms with Crippen molar-refractivity contribution in [1.82, 2.24) is 30.0 Å². The van der Waals surface area contributed by atoms with Gasteiger partial charge in [0.05, 0.1) is 5.69 Å². The highest BCUT2D eigenvalue weighted by Crippen LogP contribution is 2.16. The van der Waals surface area contributed by atoms with Crippen molar-refractivity contribution < 1.29 is 14.7 Å². The van der Waals surface area contributed by atoms with Crippen LogP contribution in [0, 0.1) is 0 Å². The van der Waals surface area contributed by atoms with Crippen molar-refractivity contribution in [3.8, 4) is 5.69 Å². The molecule has 2 saturated heterocycles. The molecule has 0 spiro atoms. The summed E-state index contributed by atoms with van der Waals surface area (Å²) < 4.78 is 1.44. The van der Waals surface area contributed by atoms with Crippen LogP contribution >= 0.6 is 0 Å². The van der Waals surface area contributed by atoms with Crippen molar-refractivity contribution in [3.63, 3.8) is 0 Å². The highest BCUT2D eigenvalue weighted by atomic mass is 16.4. The lowest BCUT2D eigenvalue weighted by Gasteiger charge is -2.33. The number of carbonyl (C=O) groups is 2. The van der Waals surface area contributed by atoms with Gasteiger partial charge < -0.3 is 20.6 Å². The molecule has 0 aliphatic carbocycles. The van der Waals surface area contributed by atoms with Gasteiger partial charge >= 0.3 is 17.8 Å². The van der Waals surface area contributed by atoms with E-state index in [4.69, 9.17) is 5.11 Å². The number of carboxylic acid groups (broad SMARTS) is 1. The molecular formula is C24H33N7O4. The smallest absolute Gasteiger partial charge is 0.404 e. The number of hydrogen-bond acceptors (Lipinski definition) is 6. The lowest BCUT2D eigenvalue weighted by atomic mass is 10.0. The van der Waals surface area contributed by atoms with E-state index in [9.17, 15) is 14.4 Å². The molecule has 4 rings (SSSR count). The SMILES string of the molecule is CCC1CN(C(=O)Nc2ccn(-c3ccc(CN4CCC(NC(=O)O)CC4)cc3)c(=O)n2)CCN1. The molecule has 0 radical (unpaired) electrons. The van der Waals surface area contributed by atoms with Crippen LogP contribution < -0.4 is 21.6 Å². The minimum Gasteiger partial charge on any atom is -0.465 e. The lowest BCUT2D eigenvalue weighted by molar-refractivity contribution is 0.165. The van der Waals surface area contributed by atoms with Crippen LogP contribution in [0.15, 0.2) is 41.3 Å². The maximum atomic E-state index is 12.6. The Kier molecular flexibility index (Phi) is 7.98. The number of benzene rings is 1. The molecule has 4 N–H and O–H groups in total. The van der Waals surface area contributed by atoms with Crippen LogP contribution in [0.1, 0.15) is 31.7 Å². The minimum atomic E-state index is -0.969. The molecule has 2 fully saturated rings. The van der Waals surface area contributed by atoms with E-state index >= 15 is 0 Å². The lowest BCUT2D eigenvalue weighted by Crippen LogP contribution is -2.53. The van der Waals surface area contributed by atoms with Crippen molar-refractivity contribution in [3.05, 3.63) is 52.6 Å². The standard InChI is InChI=1S/C24H33N7O4/c1-2-18-16-30(14-10-25-18)22(32)27-21-9-13-31(23(33)28-21)20-5-3-17(4-6-20)15-29-11-7-19(8-12-29)26-24(34)35/h3-6,9,13,18-19,25-26H,2,7-8,10-12,14-16H2,1H3,(H,34,35)(H,27,28,32,33). The van der Waals surface area contributed by atoms with Crippen molar-refractivity contribution >= 4 is 17.9 Å². The number of anilines is 1. The zero-order valence-electron chi connectivity index (χ0n) is 19.9. The Morgan fingerprint density at radius 2 is 1.89 bits per heavy atom. The predicted molar refractivity (Wildman–Crippen MR) is 132 cm³/mol. The van der Waals surface area contributed by atoms with Gasteiger partial charge in [0.15, 0.2) is 0 Å². The fourth-order valence-electron chi connectivity index (χ4n) is 4.57. The molecule has 188 valence electrons. The summed E-state index contributed by atoms with van der Waals surface area (Å²) >= 11 is 0. The molecule has 3 heterocycles. The van der Waals surface area contributed by atoms with Crippen LogP contribution in [0.25, 0.3) is 5.69 Å². The summed E-state index contributed by atoms with van der Waals surface area (Å²) in [5, 5.41) is 17.5. The van der Waals surface area contributed by atoms with Gasteiger partial charge in [-0.1, -0.05) is 19.1 Å². The number of nitrogens with one attached hydrogen (secondary N) is 3. The van der Waals surface area contributed by atoms with E-state index in [0.717, 1.165) is 51.0 Å². The summed E-state index contributed by atoms with van der Waals surface area (Å²) in [6.07, 6.45) is 3.18. The summed E-state index contributed by atoms with van der Waals surface area (Å²) in [7, 11) is 0. The number of piperidine rings is 1. The number of carbonyl (C=O) groups excluding carboxylic acids is 1. The first kappa shape index (κ1) is 24.7. The number of urea groups is 1. The van der Waals surface area contributed by atoms with Gasteiger partial charge in [-0.15, -0.1) is 0 Å². The average Bonchev–Trinajstić information content (AvgIpc) is 2.86. The second kappa shape index (κ2) is 11.3. The van der Waals surface area contributed by atoms with Crippen LogP contribution in [0.2, 0.25) is 0 Å². The molecule has 11 heteroatoms. The number of piperazine rings is 1. The number of aromatic nitrogens is 2. The van der Waals surface area contributed by atoms with Crippen molar-refractivity contribution in [2.45, 2.75) is 44.8 Å². The first-order valence-electron chi connectivity index (χ1n) is 12.1. The quantitative estimate of drug-likeness (QED) is 0.492. The van der Waals surface area contributed by atoms with E-state index in [1.807, 2.05) is 24.3 Å². The van der Waals surface area contributed by atoms with Crippen molar-refractivity contribution in [2.24, 2.45) is 0 Å². The number of hydrogen-bond donors (Lipinski definition) is 4. The number of nitrogens with zero attached hydrogens (tertiary/aromatic N) is 4. The Labute approximate surface area is 204 Å². The molecule has 1 aromatic heterocycles. The second-order valence-corrected chi connectivity index (χ2v) is 9.07. The Balaban J connectivity index is 1.33. The Morgan fingerprint density at radius 3 is 2.54 bits per heavy atom. The van der Waals surface area contributed by atoms with Gasteiger partial charge in [0, 0.05) is 57.5 Å². The molecule has 11 nitrogen and oxygen atoms in total. The molecule has 1 atom stereocenters. The van der Waals surface area contributed by atoms with Gasteiger partial charge in [-0.05, 0) is 43.0 Å². The molecule has 1 aromatic carbocycles. The maximum Gasteiger partial charge on any atom is 0.404 e. The third-order valence-corrected chi connectivity index (χ3v) is 6.61. The van der Waals surface area contributed by atoms with Gasteiger partial charge in [0.2, 0.25) is 0 Å². The largest absolute Gasteiger partial charge is 0.465 e. The zero-order valence-corrected chi connectivity index (χ0v) is 19.9. The summed E-state index contributed by atoms with van der Waals surface area (Å²) in [5.74, 6) is 0.236. The molecule has 2 aliphatic heterocycles. The summed E-state index contributed by atoms with van der Waals surface area (Å²) in [4.78, 5) is 44.1. The maximum absolute atomic E-state index is 12.6. The van der Waals surface area contributed by atoms with Crippen molar-refractivity contribution in [2.75, 3.05) is 38.0 Å². The Bertz CT molecular complexity index is 1080. The van der Waals surface area contributed by atoms with Gasteiger partial charge in [0.1, 0.15) is 5.82 Å². The fraction of sp³-hybridized carbons (Fsp3) is 0.500. The fourth-order valence-corrected chi connectivity index (χ4v) is 4.57. The molecule has 2 aromatic rings. The summed E-state index contributed by atoms with van der Waals surface area (Å²) in [5.41, 5.74) is 1.35. The highest BCUT2D eigenvalue weighted by molar-refractivity contribution is 5.88. The third kappa shape index (κ3) is 6.58. The molecule has 3 amide bonds. The molecular weight excluding hydrogens is 450 g/mol. The second-order valence-electron chi connectivity index (χ2n) is 9.07. The number of rotatable bonds is 6. The van der Waals surface area contributed by atoms with E-state index < -0.39 is 11.8 Å².